The van der Waals surface area contributed by atoms with Gasteiger partial charge in [-0.15, -0.1) is 5.10 Å². The first-order chi connectivity index (χ1) is 8.67. The van der Waals surface area contributed by atoms with Crippen LogP contribution in [0.4, 0.5) is 5.95 Å². The largest absolute Gasteiger partial charge is 0.279 e. The van der Waals surface area contributed by atoms with Gasteiger partial charge in [-0.2, -0.15) is 4.98 Å². The number of anilines is 1. The molecule has 3 heterocycles. The third kappa shape index (κ3) is 1.99. The minimum Gasteiger partial charge on any atom is -0.279 e. The Labute approximate surface area is 117 Å². The molecule has 1 aliphatic rings. The molecule has 1 fully saturated rings. The summed E-state index contributed by atoms with van der Waals surface area (Å²) >= 11 is 9.29. The molecule has 94 valence electrons. The molecule has 0 radical (unpaired) electrons. The predicted molar refractivity (Wildman–Crippen MR) is 72.3 cm³/mol. The first-order valence-corrected chi connectivity index (χ1v) is 7.05. The smallest absolute Gasteiger partial charge is 0.252 e. The maximum absolute atomic E-state index is 11.9. The van der Waals surface area contributed by atoms with Gasteiger partial charge in [-0.1, -0.05) is 27.5 Å². The highest BCUT2D eigenvalue weighted by Crippen LogP contribution is 2.24. The van der Waals surface area contributed by atoms with Crippen LogP contribution in [0.15, 0.2) is 18.3 Å². The molecule has 1 atom stereocenters. The van der Waals surface area contributed by atoms with Crippen molar-refractivity contribution in [1.29, 1.82) is 0 Å². The second kappa shape index (κ2) is 4.51. The highest BCUT2D eigenvalue weighted by molar-refractivity contribution is 9.09. The molecular weight excluding hydrogens is 320 g/mol. The van der Waals surface area contributed by atoms with Crippen LogP contribution in [-0.2, 0) is 4.79 Å². The number of fused-ring (bicyclic) bond motifs is 1. The minimum absolute atomic E-state index is 0.0708. The monoisotopic (exact) mass is 328 g/mol. The maximum Gasteiger partial charge on any atom is 0.252 e. The zero-order valence-corrected chi connectivity index (χ0v) is 11.7. The lowest BCUT2D eigenvalue weighted by atomic mass is 10.2. The third-order valence-electron chi connectivity index (χ3n) is 2.95. The van der Waals surface area contributed by atoms with E-state index >= 15 is 0 Å². The fourth-order valence-electron chi connectivity index (χ4n) is 2.04. The SMILES string of the molecule is O=C1CC(CBr)CN1c1nc2ccc(Cl)cn2n1. The molecule has 1 aliphatic heterocycles. The van der Waals surface area contributed by atoms with Gasteiger partial charge in [0.1, 0.15) is 0 Å². The second-order valence-corrected chi connectivity index (χ2v) is 5.37. The summed E-state index contributed by atoms with van der Waals surface area (Å²) in [6, 6.07) is 3.53. The Bertz CT molecular complexity index is 614. The predicted octanol–water partition coefficient (Wildman–Crippen LogP) is 2.13. The van der Waals surface area contributed by atoms with Crippen molar-refractivity contribution in [2.75, 3.05) is 16.8 Å². The molecule has 5 nitrogen and oxygen atoms in total. The molecule has 2 aromatic heterocycles. The fourth-order valence-corrected chi connectivity index (χ4v) is 2.63. The van der Waals surface area contributed by atoms with Gasteiger partial charge < -0.3 is 0 Å². The molecule has 2 aromatic rings. The molecule has 0 aliphatic carbocycles. The van der Waals surface area contributed by atoms with Crippen molar-refractivity contribution in [2.24, 2.45) is 5.92 Å². The Morgan fingerprint density at radius 1 is 1.50 bits per heavy atom. The number of carbonyl (C=O) groups excluding carboxylic acids is 1. The van der Waals surface area contributed by atoms with Gasteiger partial charge in [-0.05, 0) is 18.1 Å². The molecule has 7 heteroatoms. The standard InChI is InChI=1S/C11H10BrClN4O/c12-4-7-3-10(18)16(5-7)11-14-9-2-1-8(13)6-17(9)15-11/h1-2,6-7H,3-5H2. The third-order valence-corrected chi connectivity index (χ3v) is 4.09. The van der Waals surface area contributed by atoms with E-state index in [1.807, 2.05) is 0 Å². The van der Waals surface area contributed by atoms with Crippen LogP contribution >= 0.6 is 27.5 Å². The average molecular weight is 330 g/mol. The second-order valence-electron chi connectivity index (χ2n) is 4.29. The maximum atomic E-state index is 11.9. The first-order valence-electron chi connectivity index (χ1n) is 5.55. The van der Waals surface area contributed by atoms with E-state index in [0.717, 1.165) is 5.33 Å². The van der Waals surface area contributed by atoms with Crippen LogP contribution in [0.3, 0.4) is 0 Å². The summed E-state index contributed by atoms with van der Waals surface area (Å²) in [5, 5.41) is 5.69. The Morgan fingerprint density at radius 2 is 2.33 bits per heavy atom. The molecule has 18 heavy (non-hydrogen) atoms. The average Bonchev–Trinajstić information content (AvgIpc) is 2.91. The summed E-state index contributed by atoms with van der Waals surface area (Å²) in [5.74, 6) is 0.847. The summed E-state index contributed by atoms with van der Waals surface area (Å²) in [7, 11) is 0. The lowest BCUT2D eigenvalue weighted by molar-refractivity contribution is -0.117. The van der Waals surface area contributed by atoms with Crippen molar-refractivity contribution in [3.8, 4) is 0 Å². The van der Waals surface area contributed by atoms with Crippen molar-refractivity contribution >= 4 is 45.0 Å². The normalized spacial score (nSPS) is 20.0. The van der Waals surface area contributed by atoms with Gasteiger partial charge in [-0.3, -0.25) is 9.69 Å². The molecule has 0 spiro atoms. The number of pyridine rings is 1. The van der Waals surface area contributed by atoms with Crippen LogP contribution in [0.5, 0.6) is 0 Å². The van der Waals surface area contributed by atoms with Gasteiger partial charge in [0.25, 0.3) is 5.95 Å². The molecule has 0 N–H and O–H groups in total. The van der Waals surface area contributed by atoms with Crippen LogP contribution in [0, 0.1) is 5.92 Å². The lowest BCUT2D eigenvalue weighted by Crippen LogP contribution is -2.25. The van der Waals surface area contributed by atoms with Gasteiger partial charge in [0.15, 0.2) is 5.65 Å². The van der Waals surface area contributed by atoms with E-state index in [-0.39, 0.29) is 5.91 Å². The summed E-state index contributed by atoms with van der Waals surface area (Å²) in [6.07, 6.45) is 2.22. The van der Waals surface area contributed by atoms with Crippen molar-refractivity contribution in [1.82, 2.24) is 14.6 Å². The van der Waals surface area contributed by atoms with Gasteiger partial charge in [0.05, 0.1) is 5.02 Å². The van der Waals surface area contributed by atoms with Crippen molar-refractivity contribution in [3.63, 3.8) is 0 Å². The van der Waals surface area contributed by atoms with Crippen LogP contribution in [0.25, 0.3) is 5.65 Å². The zero-order valence-electron chi connectivity index (χ0n) is 9.38. The van der Waals surface area contributed by atoms with E-state index < -0.39 is 0 Å². The van der Waals surface area contributed by atoms with Crippen molar-refractivity contribution in [3.05, 3.63) is 23.4 Å². The van der Waals surface area contributed by atoms with Crippen molar-refractivity contribution in [2.45, 2.75) is 6.42 Å². The summed E-state index contributed by atoms with van der Waals surface area (Å²) < 4.78 is 1.59. The Kier molecular flexibility index (Phi) is 2.99. The van der Waals surface area contributed by atoms with Gasteiger partial charge in [0.2, 0.25) is 5.91 Å². The van der Waals surface area contributed by atoms with Crippen molar-refractivity contribution < 1.29 is 4.79 Å². The highest BCUT2D eigenvalue weighted by Gasteiger charge is 2.32. The molecule has 1 saturated heterocycles. The quantitative estimate of drug-likeness (QED) is 0.793. The van der Waals surface area contributed by atoms with Gasteiger partial charge >= 0.3 is 0 Å². The molecule has 0 aromatic carbocycles. The summed E-state index contributed by atoms with van der Waals surface area (Å²) in [6.45, 7) is 0.661. The van der Waals surface area contributed by atoms with E-state index in [1.165, 1.54) is 0 Å². The molecule has 3 rings (SSSR count). The Morgan fingerprint density at radius 3 is 3.06 bits per heavy atom. The number of nitrogens with zero attached hydrogens (tertiary/aromatic N) is 4. The Hall–Kier alpha value is -1.14. The molecular formula is C11H10BrClN4O. The minimum atomic E-state index is 0.0708. The molecule has 0 bridgehead atoms. The summed E-state index contributed by atoms with van der Waals surface area (Å²) in [4.78, 5) is 17.8. The highest BCUT2D eigenvalue weighted by atomic mass is 79.9. The van der Waals surface area contributed by atoms with E-state index in [0.29, 0.717) is 35.5 Å². The Balaban J connectivity index is 1.97. The zero-order chi connectivity index (χ0) is 12.7. The number of hydrogen-bond acceptors (Lipinski definition) is 3. The summed E-state index contributed by atoms with van der Waals surface area (Å²) in [5.41, 5.74) is 0.685. The lowest BCUT2D eigenvalue weighted by Gasteiger charge is -2.10. The van der Waals surface area contributed by atoms with Crippen LogP contribution in [-0.4, -0.2) is 32.4 Å². The van der Waals surface area contributed by atoms with Gasteiger partial charge in [-0.25, -0.2) is 4.52 Å². The molecule has 0 saturated carbocycles. The van der Waals surface area contributed by atoms with Crippen LogP contribution in [0.2, 0.25) is 5.02 Å². The van der Waals surface area contributed by atoms with E-state index in [9.17, 15) is 4.79 Å². The fraction of sp³-hybridized carbons (Fsp3) is 0.364. The number of hydrogen-bond donors (Lipinski definition) is 0. The topological polar surface area (TPSA) is 50.5 Å². The van der Waals surface area contributed by atoms with Crippen LogP contribution in [0.1, 0.15) is 6.42 Å². The van der Waals surface area contributed by atoms with E-state index in [1.54, 1.807) is 27.7 Å². The number of alkyl halides is 1. The first kappa shape index (κ1) is 11.9. The van der Waals surface area contributed by atoms with E-state index in [4.69, 9.17) is 11.6 Å². The number of aromatic nitrogens is 3. The number of rotatable bonds is 2. The van der Waals surface area contributed by atoms with Crippen LogP contribution < -0.4 is 4.90 Å². The molecule has 1 amide bonds. The number of carbonyl (C=O) groups is 1. The van der Waals surface area contributed by atoms with E-state index in [2.05, 4.69) is 26.0 Å². The number of halogens is 2. The molecule has 1 unspecified atom stereocenters. The van der Waals surface area contributed by atoms with Gasteiger partial charge in [0, 0.05) is 24.5 Å². The number of amides is 1.